The monoisotopic (exact) mass is 856 g/mol. The van der Waals surface area contributed by atoms with Crippen molar-refractivity contribution in [3.63, 3.8) is 0 Å². The summed E-state index contributed by atoms with van der Waals surface area (Å²) in [4.78, 5) is 0. The van der Waals surface area contributed by atoms with Gasteiger partial charge in [-0.2, -0.15) is 0 Å². The Labute approximate surface area is 368 Å². The summed E-state index contributed by atoms with van der Waals surface area (Å²) in [5.74, 6) is 0. The summed E-state index contributed by atoms with van der Waals surface area (Å²) in [5.41, 5.74) is 9.20. The molecule has 8 aromatic carbocycles. The highest BCUT2D eigenvalue weighted by Crippen LogP contribution is 2.53. The quantitative estimate of drug-likeness (QED) is 0.0633. The van der Waals surface area contributed by atoms with Crippen LogP contribution in [0, 0.1) is 0 Å². The minimum atomic E-state index is -3.17. The summed E-state index contributed by atoms with van der Waals surface area (Å²) in [5, 5.41) is 8.95. The predicted molar refractivity (Wildman–Crippen MR) is 261 cm³/mol. The standard InChI is InChI=1S/C54H56O6Si2/c1-7-55-61(56-8-2,57-9-3)43-35-31-41(32-36-43)51-47-29-21-22-30-48(47)52(42-33-37-44(38-34-42)62(58-10-4,59-11-5)60-12-6)54-50(40-25-17-14-18-26-40)46-28-20-19-27-45(46)49(53(51)54)39-23-15-13-16-24-39/h13-38H,7-12H2,1-6H3. The minimum absolute atomic E-state index is 0.494. The van der Waals surface area contributed by atoms with Crippen LogP contribution in [0.15, 0.2) is 158 Å². The van der Waals surface area contributed by atoms with E-state index >= 15 is 0 Å². The van der Waals surface area contributed by atoms with Gasteiger partial charge in [-0.25, -0.2) is 0 Å². The van der Waals surface area contributed by atoms with Gasteiger partial charge in [0.25, 0.3) is 0 Å². The molecule has 316 valence electrons. The van der Waals surface area contributed by atoms with E-state index < -0.39 is 17.6 Å². The van der Waals surface area contributed by atoms with E-state index in [1.165, 1.54) is 32.7 Å². The van der Waals surface area contributed by atoms with Gasteiger partial charge in [0, 0.05) is 50.0 Å². The van der Waals surface area contributed by atoms with Crippen molar-refractivity contribution in [1.29, 1.82) is 0 Å². The minimum Gasteiger partial charge on any atom is -0.370 e. The molecule has 0 unspecified atom stereocenters. The van der Waals surface area contributed by atoms with Crippen molar-refractivity contribution in [2.45, 2.75) is 41.5 Å². The van der Waals surface area contributed by atoms with Crippen LogP contribution < -0.4 is 10.4 Å². The van der Waals surface area contributed by atoms with E-state index in [1.807, 2.05) is 41.5 Å². The van der Waals surface area contributed by atoms with Crippen molar-refractivity contribution < 1.29 is 26.6 Å². The predicted octanol–water partition coefficient (Wildman–Crippen LogP) is 12.3. The maximum atomic E-state index is 6.38. The Kier molecular flexibility index (Phi) is 13.6. The lowest BCUT2D eigenvalue weighted by molar-refractivity contribution is 0.0851. The largest absolute Gasteiger partial charge is 0.537 e. The zero-order chi connectivity index (χ0) is 43.1. The van der Waals surface area contributed by atoms with E-state index in [1.54, 1.807) is 0 Å². The van der Waals surface area contributed by atoms with Crippen molar-refractivity contribution >= 4 is 60.3 Å². The van der Waals surface area contributed by atoms with Crippen LogP contribution in [-0.2, 0) is 26.6 Å². The van der Waals surface area contributed by atoms with E-state index in [9.17, 15) is 0 Å². The van der Waals surface area contributed by atoms with Crippen LogP contribution in [0.1, 0.15) is 41.5 Å². The highest BCUT2D eigenvalue weighted by Gasteiger charge is 2.44. The molecule has 0 saturated carbocycles. The van der Waals surface area contributed by atoms with Crippen LogP contribution in [-0.4, -0.2) is 57.3 Å². The van der Waals surface area contributed by atoms with Crippen LogP contribution in [0.25, 0.3) is 76.8 Å². The molecule has 0 atom stereocenters. The maximum Gasteiger partial charge on any atom is 0.537 e. The fourth-order valence-corrected chi connectivity index (χ4v) is 14.0. The van der Waals surface area contributed by atoms with Crippen molar-refractivity contribution in [3.8, 4) is 44.5 Å². The zero-order valence-corrected chi connectivity index (χ0v) is 38.7. The molecular weight excluding hydrogens is 801 g/mol. The molecule has 0 saturated heterocycles. The van der Waals surface area contributed by atoms with Crippen LogP contribution in [0.5, 0.6) is 0 Å². The highest BCUT2D eigenvalue weighted by atomic mass is 28.4. The smallest absolute Gasteiger partial charge is 0.370 e. The number of hydrogen-bond donors (Lipinski definition) is 0. The maximum absolute atomic E-state index is 6.38. The average Bonchev–Trinajstić information content (AvgIpc) is 3.31. The fourth-order valence-electron chi connectivity index (χ4n) is 9.11. The van der Waals surface area contributed by atoms with Gasteiger partial charge in [-0.1, -0.05) is 158 Å². The molecule has 0 spiro atoms. The molecule has 0 aromatic heterocycles. The van der Waals surface area contributed by atoms with Crippen LogP contribution in [0.4, 0.5) is 0 Å². The molecule has 8 rings (SSSR count). The first kappa shape index (κ1) is 43.4. The van der Waals surface area contributed by atoms with Crippen LogP contribution in [0.3, 0.4) is 0 Å². The second-order valence-corrected chi connectivity index (χ2v) is 20.0. The van der Waals surface area contributed by atoms with E-state index in [2.05, 4.69) is 158 Å². The summed E-state index contributed by atoms with van der Waals surface area (Å²) in [7, 11) is -6.33. The molecule has 0 heterocycles. The van der Waals surface area contributed by atoms with Gasteiger partial charge in [0.05, 0.1) is 0 Å². The lowest BCUT2D eigenvalue weighted by atomic mass is 9.77. The Bertz CT molecular complexity index is 2530. The topological polar surface area (TPSA) is 55.4 Å². The molecule has 8 heteroatoms. The van der Waals surface area contributed by atoms with Crippen LogP contribution in [0.2, 0.25) is 0 Å². The zero-order valence-electron chi connectivity index (χ0n) is 36.7. The Morgan fingerprint density at radius 3 is 0.742 bits per heavy atom. The van der Waals surface area contributed by atoms with Crippen molar-refractivity contribution in [2.24, 2.45) is 0 Å². The molecule has 0 N–H and O–H groups in total. The molecule has 0 aliphatic rings. The first-order chi connectivity index (χ1) is 30.5. The van der Waals surface area contributed by atoms with E-state index in [0.29, 0.717) is 39.6 Å². The molecule has 0 amide bonds. The van der Waals surface area contributed by atoms with Crippen LogP contribution >= 0.6 is 0 Å². The third-order valence-electron chi connectivity index (χ3n) is 11.4. The normalized spacial score (nSPS) is 12.2. The first-order valence-corrected chi connectivity index (χ1v) is 25.5. The van der Waals surface area contributed by atoms with Crippen molar-refractivity contribution in [3.05, 3.63) is 158 Å². The Balaban J connectivity index is 1.55. The van der Waals surface area contributed by atoms with Gasteiger partial charge in [0.2, 0.25) is 0 Å². The van der Waals surface area contributed by atoms with Gasteiger partial charge in [-0.15, -0.1) is 0 Å². The highest BCUT2D eigenvalue weighted by molar-refractivity contribution is 6.76. The summed E-state index contributed by atoms with van der Waals surface area (Å²) in [6, 6.07) is 57.0. The van der Waals surface area contributed by atoms with Crippen molar-refractivity contribution in [1.82, 2.24) is 0 Å². The summed E-state index contributed by atoms with van der Waals surface area (Å²) < 4.78 is 38.3. The molecule has 0 radical (unpaired) electrons. The number of fused-ring (bicyclic) bond motifs is 3. The molecule has 62 heavy (non-hydrogen) atoms. The molecule has 0 fully saturated rings. The molecule has 0 aliphatic heterocycles. The molecular formula is C54H56O6Si2. The molecule has 6 nitrogen and oxygen atoms in total. The van der Waals surface area contributed by atoms with Gasteiger partial charge >= 0.3 is 17.6 Å². The summed E-state index contributed by atoms with van der Waals surface area (Å²) >= 11 is 0. The van der Waals surface area contributed by atoms with Gasteiger partial charge in [0.1, 0.15) is 0 Å². The van der Waals surface area contributed by atoms with Gasteiger partial charge in [-0.05, 0) is 118 Å². The third-order valence-corrected chi connectivity index (χ3v) is 17.5. The number of benzene rings is 8. The van der Waals surface area contributed by atoms with Gasteiger partial charge in [0.15, 0.2) is 0 Å². The van der Waals surface area contributed by atoms with Crippen molar-refractivity contribution in [2.75, 3.05) is 39.6 Å². The Morgan fingerprint density at radius 1 is 0.274 bits per heavy atom. The number of hydrogen-bond acceptors (Lipinski definition) is 6. The Hall–Kier alpha value is -5.27. The molecule has 0 aliphatic carbocycles. The van der Waals surface area contributed by atoms with E-state index in [-0.39, 0.29) is 0 Å². The fraction of sp³-hybridized carbons (Fsp3) is 0.222. The number of rotatable bonds is 18. The third kappa shape index (κ3) is 7.98. The summed E-state index contributed by atoms with van der Waals surface area (Å²) in [6.45, 7) is 14.9. The van der Waals surface area contributed by atoms with Gasteiger partial charge in [-0.3, -0.25) is 0 Å². The van der Waals surface area contributed by atoms with Gasteiger partial charge < -0.3 is 26.6 Å². The van der Waals surface area contributed by atoms with E-state index in [0.717, 1.165) is 54.5 Å². The molecule has 0 bridgehead atoms. The second kappa shape index (κ2) is 19.4. The Morgan fingerprint density at radius 2 is 0.500 bits per heavy atom. The molecule has 8 aromatic rings. The second-order valence-electron chi connectivity index (χ2n) is 14.9. The lowest BCUT2D eigenvalue weighted by Gasteiger charge is -2.29. The summed E-state index contributed by atoms with van der Waals surface area (Å²) in [6.07, 6.45) is 0. The lowest BCUT2D eigenvalue weighted by Crippen LogP contribution is -2.56. The average molecular weight is 857 g/mol. The first-order valence-electron chi connectivity index (χ1n) is 22.1. The SMILES string of the molecule is CCO[Si](OCC)(OCC)c1ccc(-c2c3ccccc3c(-c3ccc([Si](OCC)(OCC)OCC)cc3)c3c(-c4ccccc4)c4ccccc4c(-c4ccccc4)c23)cc1. The van der Waals surface area contributed by atoms with E-state index in [4.69, 9.17) is 26.6 Å².